The van der Waals surface area contributed by atoms with Crippen LogP contribution in [0.2, 0.25) is 0 Å². The van der Waals surface area contributed by atoms with E-state index in [0.717, 1.165) is 0 Å². The van der Waals surface area contributed by atoms with Gasteiger partial charge in [0.25, 0.3) is 5.91 Å². The molecule has 2 amide bonds. The first kappa shape index (κ1) is 21.4. The number of hydrogen-bond acceptors (Lipinski definition) is 3. The van der Waals surface area contributed by atoms with Gasteiger partial charge in [0, 0.05) is 23.7 Å². The molecule has 0 radical (unpaired) electrons. The summed E-state index contributed by atoms with van der Waals surface area (Å²) in [6.07, 6.45) is 0. The van der Waals surface area contributed by atoms with Crippen LogP contribution in [0.5, 0.6) is 0 Å². The third-order valence-corrected chi connectivity index (χ3v) is 4.04. The molecular weight excluding hydrogens is 314 g/mol. The van der Waals surface area contributed by atoms with Crippen LogP contribution in [0.4, 0.5) is 5.69 Å². The van der Waals surface area contributed by atoms with Crippen molar-refractivity contribution in [2.75, 3.05) is 11.9 Å². The van der Waals surface area contributed by atoms with Gasteiger partial charge in [0.1, 0.15) is 0 Å². The van der Waals surface area contributed by atoms with E-state index in [9.17, 15) is 9.59 Å². The molecule has 0 spiro atoms. The smallest absolute Gasteiger partial charge is 0.251 e. The Morgan fingerprint density at radius 1 is 1.13 bits per heavy atom. The van der Waals surface area contributed by atoms with E-state index in [1.54, 1.807) is 24.3 Å². The number of carbonyl (C=O) groups excluding carboxylic acids is 2. The second-order valence-electron chi connectivity index (χ2n) is 6.45. The fraction of sp³-hybridized carbons (Fsp3) is 0.529. The quantitative estimate of drug-likeness (QED) is 0.743. The van der Waals surface area contributed by atoms with Crippen LogP contribution in [-0.4, -0.2) is 23.9 Å². The normalized spacial score (nSPS) is 13.2. The highest BCUT2D eigenvalue weighted by Gasteiger charge is 2.28. The fourth-order valence-corrected chi connectivity index (χ4v) is 1.75. The lowest BCUT2D eigenvalue weighted by molar-refractivity contribution is -0.118. The molecule has 1 aromatic carbocycles. The summed E-state index contributed by atoms with van der Waals surface area (Å²) < 4.78 is 0. The van der Waals surface area contributed by atoms with E-state index in [4.69, 9.17) is 5.73 Å². The number of rotatable bonds is 6. The molecular formula is C17H28ClN3O2. The van der Waals surface area contributed by atoms with E-state index in [-0.39, 0.29) is 36.1 Å². The number of nitrogens with one attached hydrogen (secondary N) is 2. The molecule has 6 heteroatoms. The van der Waals surface area contributed by atoms with E-state index < -0.39 is 5.54 Å². The lowest BCUT2D eigenvalue weighted by Crippen LogP contribution is -2.55. The second kappa shape index (κ2) is 8.89. The first-order valence-corrected chi connectivity index (χ1v) is 7.63. The van der Waals surface area contributed by atoms with Crippen LogP contribution in [0, 0.1) is 11.8 Å². The minimum Gasteiger partial charge on any atom is -0.345 e. The summed E-state index contributed by atoms with van der Waals surface area (Å²) in [5.41, 5.74) is 6.56. The zero-order valence-corrected chi connectivity index (χ0v) is 15.3. The van der Waals surface area contributed by atoms with Gasteiger partial charge in [0.15, 0.2) is 0 Å². The Bertz CT molecular complexity index is 529. The predicted octanol–water partition coefficient (Wildman–Crippen LogP) is 2.81. The Morgan fingerprint density at radius 2 is 1.65 bits per heavy atom. The standard InChI is InChI=1S/C17H27N3O2.ClH/c1-11(2)15(21)19-14-8-6-13(7-9-14)16(22)20-17(5,10-18)12(3)4;/h6-9,11-12H,10,18H2,1-5H3,(H,19,21)(H,20,22);1H. The second-order valence-corrected chi connectivity index (χ2v) is 6.45. The van der Waals surface area contributed by atoms with Crippen molar-refractivity contribution in [2.24, 2.45) is 17.6 Å². The Hall–Kier alpha value is -1.59. The molecule has 0 saturated carbocycles. The molecule has 0 heterocycles. The first-order chi connectivity index (χ1) is 10.2. The van der Waals surface area contributed by atoms with Crippen LogP contribution in [-0.2, 0) is 4.79 Å². The Morgan fingerprint density at radius 3 is 2.04 bits per heavy atom. The molecule has 0 saturated heterocycles. The third-order valence-electron chi connectivity index (χ3n) is 4.04. The van der Waals surface area contributed by atoms with Gasteiger partial charge in [-0.2, -0.15) is 0 Å². The fourth-order valence-electron chi connectivity index (χ4n) is 1.75. The number of anilines is 1. The van der Waals surface area contributed by atoms with Crippen LogP contribution in [0.1, 0.15) is 45.0 Å². The van der Waals surface area contributed by atoms with E-state index in [1.165, 1.54) is 0 Å². The summed E-state index contributed by atoms with van der Waals surface area (Å²) in [5, 5.41) is 5.78. The van der Waals surface area contributed by atoms with Crippen molar-refractivity contribution in [1.29, 1.82) is 0 Å². The van der Waals surface area contributed by atoms with E-state index in [1.807, 2.05) is 34.6 Å². The average Bonchev–Trinajstić information content (AvgIpc) is 2.47. The van der Waals surface area contributed by atoms with Gasteiger partial charge in [-0.3, -0.25) is 9.59 Å². The topological polar surface area (TPSA) is 84.2 Å². The van der Waals surface area contributed by atoms with Crippen LogP contribution >= 0.6 is 12.4 Å². The van der Waals surface area contributed by atoms with Gasteiger partial charge in [-0.05, 0) is 37.1 Å². The maximum atomic E-state index is 12.3. The molecule has 0 aliphatic heterocycles. The average molecular weight is 342 g/mol. The van der Waals surface area contributed by atoms with Crippen LogP contribution in [0.15, 0.2) is 24.3 Å². The van der Waals surface area contributed by atoms with E-state index in [0.29, 0.717) is 17.8 Å². The van der Waals surface area contributed by atoms with Crippen molar-refractivity contribution in [3.63, 3.8) is 0 Å². The van der Waals surface area contributed by atoms with Crippen molar-refractivity contribution < 1.29 is 9.59 Å². The third kappa shape index (κ3) is 5.84. The summed E-state index contributed by atoms with van der Waals surface area (Å²) in [5.74, 6) is -0.0681. The summed E-state index contributed by atoms with van der Waals surface area (Å²) in [4.78, 5) is 23.9. The molecule has 0 aromatic heterocycles. The molecule has 1 unspecified atom stereocenters. The summed E-state index contributed by atoms with van der Waals surface area (Å²) in [7, 11) is 0. The molecule has 5 nitrogen and oxygen atoms in total. The summed E-state index contributed by atoms with van der Waals surface area (Å²) in [6.45, 7) is 10.0. The number of nitrogens with two attached hydrogens (primary N) is 1. The highest BCUT2D eigenvalue weighted by Crippen LogP contribution is 2.17. The minimum absolute atomic E-state index is 0. The molecule has 4 N–H and O–H groups in total. The van der Waals surface area contributed by atoms with Crippen LogP contribution in [0.3, 0.4) is 0 Å². The molecule has 130 valence electrons. The number of benzene rings is 1. The van der Waals surface area contributed by atoms with Gasteiger partial charge >= 0.3 is 0 Å². The maximum Gasteiger partial charge on any atom is 0.251 e. The van der Waals surface area contributed by atoms with E-state index >= 15 is 0 Å². The summed E-state index contributed by atoms with van der Waals surface area (Å²) in [6, 6.07) is 6.85. The molecule has 23 heavy (non-hydrogen) atoms. The van der Waals surface area contributed by atoms with Crippen molar-refractivity contribution >= 4 is 29.9 Å². The van der Waals surface area contributed by atoms with Gasteiger partial charge < -0.3 is 16.4 Å². The molecule has 0 fully saturated rings. The Labute approximate surface area is 144 Å². The van der Waals surface area contributed by atoms with Gasteiger partial charge in [0.2, 0.25) is 5.91 Å². The lowest BCUT2D eigenvalue weighted by Gasteiger charge is -2.33. The Kier molecular flexibility index (Phi) is 8.28. The van der Waals surface area contributed by atoms with Crippen LogP contribution < -0.4 is 16.4 Å². The molecule has 0 aliphatic rings. The van der Waals surface area contributed by atoms with E-state index in [2.05, 4.69) is 10.6 Å². The predicted molar refractivity (Wildman–Crippen MR) is 96.9 cm³/mol. The van der Waals surface area contributed by atoms with Crippen molar-refractivity contribution in [3.8, 4) is 0 Å². The maximum absolute atomic E-state index is 12.3. The minimum atomic E-state index is -0.443. The number of amides is 2. The van der Waals surface area contributed by atoms with Gasteiger partial charge in [-0.1, -0.05) is 27.7 Å². The molecule has 0 aliphatic carbocycles. The largest absolute Gasteiger partial charge is 0.345 e. The van der Waals surface area contributed by atoms with Gasteiger partial charge in [0.05, 0.1) is 5.54 Å². The number of carbonyl (C=O) groups is 2. The zero-order chi connectivity index (χ0) is 16.9. The van der Waals surface area contributed by atoms with Crippen molar-refractivity contribution in [1.82, 2.24) is 5.32 Å². The van der Waals surface area contributed by atoms with Crippen LogP contribution in [0.25, 0.3) is 0 Å². The SMILES string of the molecule is CC(C)C(=O)Nc1ccc(C(=O)NC(C)(CN)C(C)C)cc1.Cl. The van der Waals surface area contributed by atoms with Gasteiger partial charge in [-0.15, -0.1) is 12.4 Å². The van der Waals surface area contributed by atoms with Gasteiger partial charge in [-0.25, -0.2) is 0 Å². The van der Waals surface area contributed by atoms with Crippen molar-refractivity contribution in [3.05, 3.63) is 29.8 Å². The highest BCUT2D eigenvalue weighted by atomic mass is 35.5. The first-order valence-electron chi connectivity index (χ1n) is 7.63. The summed E-state index contributed by atoms with van der Waals surface area (Å²) >= 11 is 0. The highest BCUT2D eigenvalue weighted by molar-refractivity contribution is 5.96. The zero-order valence-electron chi connectivity index (χ0n) is 14.5. The monoisotopic (exact) mass is 341 g/mol. The molecule has 1 aromatic rings. The van der Waals surface area contributed by atoms with Crippen molar-refractivity contribution in [2.45, 2.75) is 40.2 Å². The molecule has 1 rings (SSSR count). The Balaban J connectivity index is 0.00000484. The lowest BCUT2D eigenvalue weighted by atomic mass is 9.88. The number of halogens is 1. The molecule has 0 bridgehead atoms. The number of hydrogen-bond donors (Lipinski definition) is 3. The molecule has 1 atom stereocenters.